The summed E-state index contributed by atoms with van der Waals surface area (Å²) < 4.78 is 56.2. The normalized spacial score (nSPS) is 21.1. The lowest BCUT2D eigenvalue weighted by atomic mass is 9.92. The number of hydrogen-bond donors (Lipinski definition) is 0. The van der Waals surface area contributed by atoms with E-state index in [1.807, 2.05) is 22.5 Å². The van der Waals surface area contributed by atoms with E-state index in [1.165, 1.54) is 6.07 Å². The molecule has 0 radical (unpaired) electrons. The van der Waals surface area contributed by atoms with Gasteiger partial charge in [0.15, 0.2) is 5.49 Å². The molecule has 204 valence electrons. The summed E-state index contributed by atoms with van der Waals surface area (Å²) in [6.07, 6.45) is -0.906. The summed E-state index contributed by atoms with van der Waals surface area (Å²) in [5, 5.41) is 0. The second-order valence-electron chi connectivity index (χ2n) is 11.0. The zero-order valence-corrected chi connectivity index (χ0v) is 22.3. The molecule has 2 aromatic rings. The highest BCUT2D eigenvalue weighted by molar-refractivity contribution is 6.00. The van der Waals surface area contributed by atoms with E-state index in [2.05, 4.69) is 25.8 Å². The van der Waals surface area contributed by atoms with E-state index < -0.39 is 17.6 Å². The Balaban J connectivity index is 1.77. The lowest BCUT2D eigenvalue weighted by Gasteiger charge is -2.25. The van der Waals surface area contributed by atoms with Gasteiger partial charge < -0.3 is 14.4 Å². The number of aromatic nitrogens is 2. The molecular weight excluding hydrogens is 485 g/mol. The molecule has 2 saturated heterocycles. The van der Waals surface area contributed by atoms with Crippen molar-refractivity contribution < 1.29 is 27.4 Å². The quantitative estimate of drug-likeness (QED) is 0.553. The largest absolute Gasteiger partial charge is 0.416 e. The standard InChI is InChI=1S/C27H37F3N4O3/c1-26(2,3)23-15-24(34(33(23)5)17-20-9-7-13-37-20)31-25(35)21-14-18(27(28,29)30)10-11-22(21)32(4)16-19-8-6-12-36-19/h10-11,14-15,19-20H,6-9,12-13,16-17H2,1-5H3/t19-,20+/m0/s1. The number of amides is 1. The third kappa shape index (κ3) is 6.29. The van der Waals surface area contributed by atoms with Crippen molar-refractivity contribution in [1.29, 1.82) is 0 Å². The first-order valence-corrected chi connectivity index (χ1v) is 12.9. The molecule has 0 N–H and O–H groups in total. The van der Waals surface area contributed by atoms with Crippen LogP contribution in [0.2, 0.25) is 0 Å². The molecule has 3 heterocycles. The van der Waals surface area contributed by atoms with Crippen LogP contribution in [-0.2, 0) is 34.7 Å². The van der Waals surface area contributed by atoms with E-state index in [-0.39, 0.29) is 23.2 Å². The van der Waals surface area contributed by atoms with E-state index in [1.54, 1.807) is 11.9 Å². The number of likely N-dealkylation sites (N-methyl/N-ethyl adjacent to an activating group) is 1. The summed E-state index contributed by atoms with van der Waals surface area (Å²) in [5.74, 6) is -0.715. The predicted octanol–water partition coefficient (Wildman–Crippen LogP) is 4.68. The molecule has 1 aromatic heterocycles. The van der Waals surface area contributed by atoms with Gasteiger partial charge in [-0.15, -0.1) is 0 Å². The Labute approximate surface area is 215 Å². The maximum Gasteiger partial charge on any atom is 0.416 e. The molecule has 0 unspecified atom stereocenters. The third-order valence-electron chi connectivity index (χ3n) is 7.09. The fraction of sp³-hybridized carbons (Fsp3) is 0.630. The monoisotopic (exact) mass is 522 g/mol. The second kappa shape index (κ2) is 10.6. The van der Waals surface area contributed by atoms with Crippen molar-refractivity contribution in [3.8, 4) is 0 Å². The van der Waals surface area contributed by atoms with Crippen molar-refractivity contribution in [2.75, 3.05) is 31.7 Å². The van der Waals surface area contributed by atoms with Crippen LogP contribution in [0.1, 0.15) is 68.1 Å². The topological polar surface area (TPSA) is 61.0 Å². The molecule has 7 nitrogen and oxygen atoms in total. The molecule has 0 aliphatic carbocycles. The summed E-state index contributed by atoms with van der Waals surface area (Å²) in [6.45, 7) is 8.54. The lowest BCUT2D eigenvalue weighted by Crippen LogP contribution is -2.31. The van der Waals surface area contributed by atoms with E-state index in [9.17, 15) is 18.0 Å². The fourth-order valence-corrected chi connectivity index (χ4v) is 5.14. The van der Waals surface area contributed by atoms with Crippen molar-refractivity contribution in [3.05, 3.63) is 46.6 Å². The van der Waals surface area contributed by atoms with Crippen LogP contribution in [0.25, 0.3) is 0 Å². The Kier molecular flexibility index (Phi) is 7.90. The second-order valence-corrected chi connectivity index (χ2v) is 11.0. The molecule has 0 saturated carbocycles. The van der Waals surface area contributed by atoms with E-state index in [4.69, 9.17) is 9.47 Å². The maximum atomic E-state index is 13.6. The minimum absolute atomic E-state index is 0.00265. The van der Waals surface area contributed by atoms with Gasteiger partial charge in [0.1, 0.15) is 0 Å². The molecule has 2 fully saturated rings. The molecule has 0 spiro atoms. The number of carbonyl (C=O) groups is 1. The molecule has 10 heteroatoms. The Hall–Kier alpha value is -2.59. The van der Waals surface area contributed by atoms with Crippen LogP contribution in [-0.4, -0.2) is 54.3 Å². The van der Waals surface area contributed by atoms with Gasteiger partial charge in [-0.25, -0.2) is 0 Å². The van der Waals surface area contributed by atoms with Crippen molar-refractivity contribution in [2.45, 2.75) is 76.8 Å². The highest BCUT2D eigenvalue weighted by Gasteiger charge is 2.33. The average molecular weight is 523 g/mol. The minimum Gasteiger partial charge on any atom is -0.376 e. The summed E-state index contributed by atoms with van der Waals surface area (Å²) in [4.78, 5) is 19.7. The fourth-order valence-electron chi connectivity index (χ4n) is 5.14. The van der Waals surface area contributed by atoms with Crippen LogP contribution in [0, 0.1) is 0 Å². The summed E-state index contributed by atoms with van der Waals surface area (Å²) in [6, 6.07) is 5.11. The zero-order valence-electron chi connectivity index (χ0n) is 22.3. The van der Waals surface area contributed by atoms with Gasteiger partial charge in [0.05, 0.1) is 29.9 Å². The minimum atomic E-state index is -4.58. The highest BCUT2D eigenvalue weighted by Crippen LogP contribution is 2.33. The Bertz CT molecular complexity index is 1180. The van der Waals surface area contributed by atoms with Gasteiger partial charge in [0, 0.05) is 56.7 Å². The number of carbonyl (C=O) groups excluding carboxylic acids is 1. The van der Waals surface area contributed by atoms with Gasteiger partial charge >= 0.3 is 6.18 Å². The van der Waals surface area contributed by atoms with Crippen molar-refractivity contribution in [2.24, 2.45) is 12.0 Å². The first-order valence-electron chi connectivity index (χ1n) is 12.9. The molecule has 2 aliphatic heterocycles. The van der Waals surface area contributed by atoms with Crippen LogP contribution in [0.5, 0.6) is 0 Å². The van der Waals surface area contributed by atoms with Gasteiger partial charge in [-0.3, -0.25) is 14.2 Å². The van der Waals surface area contributed by atoms with Crippen molar-refractivity contribution in [3.63, 3.8) is 0 Å². The molecule has 2 atom stereocenters. The van der Waals surface area contributed by atoms with Crippen molar-refractivity contribution in [1.82, 2.24) is 9.36 Å². The number of ether oxygens (including phenoxy) is 2. The number of halogens is 3. The molecule has 4 rings (SSSR count). The SMILES string of the molecule is CN(C[C@@H]1CCCO1)c1ccc(C(F)(F)F)cc1C(=O)N=c1cc(C(C)(C)C)n(C)n1C[C@H]1CCCO1. The molecule has 1 amide bonds. The number of hydrogen-bond acceptors (Lipinski definition) is 4. The van der Waals surface area contributed by atoms with Crippen LogP contribution in [0.15, 0.2) is 29.3 Å². The van der Waals surface area contributed by atoms with Gasteiger partial charge in [-0.2, -0.15) is 18.2 Å². The number of benzene rings is 1. The Morgan fingerprint density at radius 2 is 1.73 bits per heavy atom. The predicted molar refractivity (Wildman–Crippen MR) is 135 cm³/mol. The molecule has 37 heavy (non-hydrogen) atoms. The number of alkyl halides is 3. The van der Waals surface area contributed by atoms with Gasteiger partial charge in [-0.05, 0) is 43.9 Å². The molecule has 1 aromatic carbocycles. The smallest absolute Gasteiger partial charge is 0.376 e. The number of anilines is 1. The number of nitrogens with zero attached hydrogens (tertiary/aromatic N) is 4. The third-order valence-corrected chi connectivity index (χ3v) is 7.09. The zero-order chi connectivity index (χ0) is 27.0. The van der Waals surface area contributed by atoms with E-state index in [0.29, 0.717) is 37.5 Å². The highest BCUT2D eigenvalue weighted by atomic mass is 19.4. The number of rotatable bonds is 6. The van der Waals surface area contributed by atoms with Crippen LogP contribution in [0.4, 0.5) is 18.9 Å². The molecule has 2 aliphatic rings. The molecule has 0 bridgehead atoms. The first-order chi connectivity index (χ1) is 17.3. The van der Waals surface area contributed by atoms with Crippen molar-refractivity contribution >= 4 is 11.6 Å². The average Bonchev–Trinajstić information content (AvgIpc) is 3.57. The van der Waals surface area contributed by atoms with Crippen LogP contribution >= 0.6 is 0 Å². The van der Waals surface area contributed by atoms with Crippen LogP contribution in [0.3, 0.4) is 0 Å². The maximum absolute atomic E-state index is 13.6. The summed E-state index contributed by atoms with van der Waals surface area (Å²) in [5.41, 5.74) is 0.563. The van der Waals surface area contributed by atoms with E-state index >= 15 is 0 Å². The van der Waals surface area contributed by atoms with Gasteiger partial charge in [0.25, 0.3) is 5.91 Å². The lowest BCUT2D eigenvalue weighted by molar-refractivity contribution is -0.137. The summed E-state index contributed by atoms with van der Waals surface area (Å²) >= 11 is 0. The summed E-state index contributed by atoms with van der Waals surface area (Å²) in [7, 11) is 3.67. The van der Waals surface area contributed by atoms with Gasteiger partial charge in [0.2, 0.25) is 0 Å². The molecular formula is C27H37F3N4O3. The Morgan fingerprint density at radius 1 is 1.08 bits per heavy atom. The Morgan fingerprint density at radius 3 is 2.30 bits per heavy atom. The van der Waals surface area contributed by atoms with E-state index in [0.717, 1.165) is 43.5 Å². The van der Waals surface area contributed by atoms with Crippen LogP contribution < -0.4 is 10.4 Å². The van der Waals surface area contributed by atoms with Gasteiger partial charge in [-0.1, -0.05) is 20.8 Å². The first kappa shape index (κ1) is 27.4.